The van der Waals surface area contributed by atoms with Crippen LogP contribution in [0.25, 0.3) is 0 Å². The summed E-state index contributed by atoms with van der Waals surface area (Å²) in [6.45, 7) is 0.227. The summed E-state index contributed by atoms with van der Waals surface area (Å²) in [6.07, 6.45) is 0. The molecule has 0 aromatic heterocycles. The smallest absolute Gasteiger partial charge is 0.293 e. The summed E-state index contributed by atoms with van der Waals surface area (Å²) < 4.78 is 13.1. The highest BCUT2D eigenvalue weighted by molar-refractivity contribution is 6.15. The Morgan fingerprint density at radius 3 is 2.16 bits per heavy atom. The fraction of sp³-hybridized carbons (Fsp3) is 0.167. The van der Waals surface area contributed by atoms with Gasteiger partial charge in [-0.15, -0.1) is 0 Å². The average Bonchev–Trinajstić information content (AvgIpc) is 2.79. The number of rotatable bonds is 7. The molecule has 164 valence electrons. The Hall–Kier alpha value is -4.07. The summed E-state index contributed by atoms with van der Waals surface area (Å²) in [4.78, 5) is 40.2. The Morgan fingerprint density at radius 1 is 0.938 bits per heavy atom. The lowest BCUT2D eigenvalue weighted by atomic mass is 9.96. The van der Waals surface area contributed by atoms with Gasteiger partial charge in [-0.1, -0.05) is 30.3 Å². The van der Waals surface area contributed by atoms with Gasteiger partial charge in [0.1, 0.15) is 11.5 Å². The average molecular weight is 435 g/mol. The fourth-order valence-electron chi connectivity index (χ4n) is 3.35. The molecule has 0 aliphatic carbocycles. The first-order valence-corrected chi connectivity index (χ1v) is 9.78. The third-order valence-corrected chi connectivity index (χ3v) is 5.00. The predicted octanol–water partition coefficient (Wildman–Crippen LogP) is 4.30. The molecular formula is C24H22FN3O4. The Morgan fingerprint density at radius 2 is 1.56 bits per heavy atom. The molecule has 0 fully saturated rings. The van der Waals surface area contributed by atoms with E-state index in [9.17, 15) is 24.1 Å². The maximum atomic E-state index is 13.2. The zero-order valence-electron chi connectivity index (χ0n) is 17.9. The number of halogens is 1. The maximum Gasteiger partial charge on any atom is 0.293 e. The summed E-state index contributed by atoms with van der Waals surface area (Å²) in [5.41, 5.74) is 1.36. The van der Waals surface area contributed by atoms with E-state index in [2.05, 4.69) is 0 Å². The van der Waals surface area contributed by atoms with Crippen LogP contribution in [0.5, 0.6) is 0 Å². The number of anilines is 1. The highest BCUT2D eigenvalue weighted by Gasteiger charge is 2.24. The number of hydrogen-bond acceptors (Lipinski definition) is 5. The molecule has 1 amide bonds. The molecule has 0 saturated carbocycles. The molecule has 3 aromatic rings. The second kappa shape index (κ2) is 9.38. The van der Waals surface area contributed by atoms with Crippen molar-refractivity contribution in [2.45, 2.75) is 6.54 Å². The normalized spacial score (nSPS) is 10.5. The van der Waals surface area contributed by atoms with Crippen LogP contribution >= 0.6 is 0 Å². The number of carbonyl (C=O) groups is 2. The standard InChI is InChI=1S/C24H22FN3O4/c1-26(2)21-13-10-17(14-22(21)28(31)32)23(29)19-6-4-5-7-20(19)24(30)27(3)15-16-8-11-18(25)12-9-16/h4-14H,15H2,1-3H3. The van der Waals surface area contributed by atoms with Crippen LogP contribution in [0.4, 0.5) is 15.8 Å². The van der Waals surface area contributed by atoms with Gasteiger partial charge in [0.15, 0.2) is 5.78 Å². The third-order valence-electron chi connectivity index (χ3n) is 5.00. The molecule has 3 rings (SSSR count). The molecule has 0 N–H and O–H groups in total. The van der Waals surface area contributed by atoms with Crippen molar-refractivity contribution in [3.8, 4) is 0 Å². The van der Waals surface area contributed by atoms with Gasteiger partial charge in [0, 0.05) is 44.9 Å². The molecule has 8 heteroatoms. The lowest BCUT2D eigenvalue weighted by Gasteiger charge is -2.19. The molecule has 0 bridgehead atoms. The van der Waals surface area contributed by atoms with E-state index in [0.717, 1.165) is 5.56 Å². The minimum atomic E-state index is -0.542. The van der Waals surface area contributed by atoms with Crippen LogP contribution in [-0.2, 0) is 6.54 Å². The van der Waals surface area contributed by atoms with E-state index >= 15 is 0 Å². The van der Waals surface area contributed by atoms with Crippen molar-refractivity contribution < 1.29 is 18.9 Å². The molecule has 0 unspecified atom stereocenters. The number of benzene rings is 3. The molecule has 0 heterocycles. The number of amides is 1. The van der Waals surface area contributed by atoms with Crippen molar-refractivity contribution in [2.75, 3.05) is 26.0 Å². The molecule has 32 heavy (non-hydrogen) atoms. The largest absolute Gasteiger partial charge is 0.372 e. The van der Waals surface area contributed by atoms with Crippen LogP contribution in [0.1, 0.15) is 31.8 Å². The minimum absolute atomic E-state index is 0.115. The van der Waals surface area contributed by atoms with Crippen molar-refractivity contribution in [1.82, 2.24) is 4.90 Å². The van der Waals surface area contributed by atoms with Crippen LogP contribution in [0, 0.1) is 15.9 Å². The Labute approximate surface area is 184 Å². The van der Waals surface area contributed by atoms with Gasteiger partial charge in [-0.2, -0.15) is 0 Å². The monoisotopic (exact) mass is 435 g/mol. The Kier molecular flexibility index (Phi) is 6.63. The number of ketones is 1. The highest BCUT2D eigenvalue weighted by atomic mass is 19.1. The van der Waals surface area contributed by atoms with E-state index in [0.29, 0.717) is 5.69 Å². The van der Waals surface area contributed by atoms with Crippen molar-refractivity contribution in [1.29, 1.82) is 0 Å². The minimum Gasteiger partial charge on any atom is -0.372 e. The molecule has 0 spiro atoms. The number of nitro groups is 1. The first kappa shape index (κ1) is 22.6. The van der Waals surface area contributed by atoms with Gasteiger partial charge in [-0.25, -0.2) is 4.39 Å². The molecule has 0 aliphatic rings. The maximum absolute atomic E-state index is 13.2. The lowest BCUT2D eigenvalue weighted by Crippen LogP contribution is -2.28. The summed E-state index contributed by atoms with van der Waals surface area (Å²) >= 11 is 0. The van der Waals surface area contributed by atoms with Crippen molar-refractivity contribution in [3.05, 3.63) is 105 Å². The van der Waals surface area contributed by atoms with Crippen LogP contribution < -0.4 is 4.90 Å². The molecule has 3 aromatic carbocycles. The number of nitro benzene ring substituents is 1. The van der Waals surface area contributed by atoms with Crippen molar-refractivity contribution >= 4 is 23.1 Å². The van der Waals surface area contributed by atoms with Crippen LogP contribution in [-0.4, -0.2) is 42.7 Å². The van der Waals surface area contributed by atoms with E-state index in [1.54, 1.807) is 56.4 Å². The number of carbonyl (C=O) groups excluding carboxylic acids is 2. The van der Waals surface area contributed by atoms with E-state index in [-0.39, 0.29) is 34.7 Å². The third kappa shape index (κ3) is 4.80. The molecular weight excluding hydrogens is 413 g/mol. The number of hydrogen-bond donors (Lipinski definition) is 0. The van der Waals surface area contributed by atoms with Gasteiger partial charge in [-0.05, 0) is 35.9 Å². The summed E-state index contributed by atoms with van der Waals surface area (Å²) in [5.74, 6) is -1.25. The topological polar surface area (TPSA) is 83.8 Å². The number of nitrogens with zero attached hydrogens (tertiary/aromatic N) is 3. The first-order valence-electron chi connectivity index (χ1n) is 9.78. The van der Waals surface area contributed by atoms with Gasteiger partial charge in [0.2, 0.25) is 0 Å². The second-order valence-corrected chi connectivity index (χ2v) is 7.52. The highest BCUT2D eigenvalue weighted by Crippen LogP contribution is 2.29. The predicted molar refractivity (Wildman–Crippen MR) is 119 cm³/mol. The summed E-state index contributed by atoms with van der Waals surface area (Å²) in [6, 6.07) is 16.4. The van der Waals surface area contributed by atoms with E-state index in [1.165, 1.54) is 41.3 Å². The van der Waals surface area contributed by atoms with Gasteiger partial charge in [0.05, 0.1) is 10.5 Å². The fourth-order valence-corrected chi connectivity index (χ4v) is 3.35. The van der Waals surface area contributed by atoms with Crippen molar-refractivity contribution in [2.24, 2.45) is 0 Å². The van der Waals surface area contributed by atoms with Crippen LogP contribution in [0.2, 0.25) is 0 Å². The van der Waals surface area contributed by atoms with E-state index in [1.807, 2.05) is 0 Å². The molecule has 0 atom stereocenters. The van der Waals surface area contributed by atoms with Gasteiger partial charge in [0.25, 0.3) is 11.6 Å². The van der Waals surface area contributed by atoms with Gasteiger partial charge < -0.3 is 9.80 Å². The molecule has 0 saturated heterocycles. The zero-order valence-corrected chi connectivity index (χ0v) is 17.9. The Bertz CT molecular complexity index is 1180. The van der Waals surface area contributed by atoms with Gasteiger partial charge in [-0.3, -0.25) is 19.7 Å². The molecule has 0 radical (unpaired) electrons. The Balaban J connectivity index is 1.93. The lowest BCUT2D eigenvalue weighted by molar-refractivity contribution is -0.384. The quantitative estimate of drug-likeness (QED) is 0.314. The second-order valence-electron chi connectivity index (χ2n) is 7.52. The molecule has 7 nitrogen and oxygen atoms in total. The van der Waals surface area contributed by atoms with Gasteiger partial charge >= 0.3 is 0 Å². The zero-order chi connectivity index (χ0) is 23.4. The SMILES string of the molecule is CN(Cc1ccc(F)cc1)C(=O)c1ccccc1C(=O)c1ccc(N(C)C)c([N+](=O)[O-])c1. The van der Waals surface area contributed by atoms with E-state index in [4.69, 9.17) is 0 Å². The van der Waals surface area contributed by atoms with Crippen LogP contribution in [0.15, 0.2) is 66.7 Å². The first-order chi connectivity index (χ1) is 15.2. The van der Waals surface area contributed by atoms with Crippen LogP contribution in [0.3, 0.4) is 0 Å². The van der Waals surface area contributed by atoms with Crippen molar-refractivity contribution in [3.63, 3.8) is 0 Å². The molecule has 0 aliphatic heterocycles. The summed E-state index contributed by atoms with van der Waals surface area (Å²) in [5, 5.41) is 11.5. The van der Waals surface area contributed by atoms with E-state index < -0.39 is 16.6 Å². The summed E-state index contributed by atoms with van der Waals surface area (Å²) in [7, 11) is 4.94.